The van der Waals surface area contributed by atoms with Crippen molar-refractivity contribution in [1.82, 2.24) is 9.47 Å². The second-order valence-corrected chi connectivity index (χ2v) is 7.22. The van der Waals surface area contributed by atoms with Crippen molar-refractivity contribution in [2.45, 2.75) is 32.5 Å². The number of benzene rings is 1. The summed E-state index contributed by atoms with van der Waals surface area (Å²) in [5, 5.41) is 0. The van der Waals surface area contributed by atoms with Crippen LogP contribution in [0.2, 0.25) is 0 Å². The number of carbonyl (C=O) groups is 1. The number of aryl methyl sites for hydroxylation is 1. The van der Waals surface area contributed by atoms with Gasteiger partial charge in [-0.05, 0) is 44.2 Å². The van der Waals surface area contributed by atoms with E-state index in [1.165, 1.54) is 0 Å². The van der Waals surface area contributed by atoms with Gasteiger partial charge in [0.2, 0.25) is 0 Å². The maximum Gasteiger partial charge on any atom is 0.255 e. The number of methoxy groups -OCH3 is 1. The zero-order chi connectivity index (χ0) is 19.0. The van der Waals surface area contributed by atoms with Crippen molar-refractivity contribution in [2.75, 3.05) is 33.4 Å². The number of hydrogen-bond acceptors (Lipinski definition) is 4. The van der Waals surface area contributed by atoms with Gasteiger partial charge in [-0.15, -0.1) is 0 Å². The fourth-order valence-electron chi connectivity index (χ4n) is 4.11. The predicted octanol–water partition coefficient (Wildman–Crippen LogP) is 3.08. The van der Waals surface area contributed by atoms with Gasteiger partial charge in [-0.2, -0.15) is 0 Å². The zero-order valence-electron chi connectivity index (χ0n) is 16.2. The van der Waals surface area contributed by atoms with Crippen LogP contribution in [0.1, 0.15) is 34.6 Å². The standard InChI is InChI=1S/C21H26N2O4/c1-15-14-19(16(2)23(15)17-4-6-18(25-3)7-5-17)20(24)22-10-8-21(9-11-22)26-12-13-27-21/h4-7,14H,8-13H2,1-3H3. The summed E-state index contributed by atoms with van der Waals surface area (Å²) in [4.78, 5) is 15.0. The Bertz CT molecular complexity index is 825. The van der Waals surface area contributed by atoms with Gasteiger partial charge in [-0.3, -0.25) is 4.79 Å². The number of ether oxygens (including phenoxy) is 3. The van der Waals surface area contributed by atoms with Crippen LogP contribution in [-0.4, -0.2) is 54.6 Å². The lowest BCUT2D eigenvalue weighted by Gasteiger charge is -2.37. The fraction of sp³-hybridized carbons (Fsp3) is 0.476. The molecule has 0 atom stereocenters. The summed E-state index contributed by atoms with van der Waals surface area (Å²) < 4.78 is 18.9. The Labute approximate surface area is 159 Å². The molecule has 0 bridgehead atoms. The second kappa shape index (κ2) is 7.02. The summed E-state index contributed by atoms with van der Waals surface area (Å²) in [6, 6.07) is 9.86. The molecule has 2 aliphatic heterocycles. The van der Waals surface area contributed by atoms with E-state index in [0.29, 0.717) is 26.3 Å². The lowest BCUT2D eigenvalue weighted by Crippen LogP contribution is -2.47. The van der Waals surface area contributed by atoms with Crippen LogP contribution in [0.4, 0.5) is 0 Å². The lowest BCUT2D eigenvalue weighted by atomic mass is 10.0. The van der Waals surface area contributed by atoms with Crippen LogP contribution in [0.3, 0.4) is 0 Å². The van der Waals surface area contributed by atoms with Crippen molar-refractivity contribution in [1.29, 1.82) is 0 Å². The molecule has 6 nitrogen and oxygen atoms in total. The molecule has 3 heterocycles. The van der Waals surface area contributed by atoms with E-state index in [2.05, 4.69) is 4.57 Å². The quantitative estimate of drug-likeness (QED) is 0.833. The molecule has 1 aromatic carbocycles. The van der Waals surface area contributed by atoms with Crippen LogP contribution in [-0.2, 0) is 9.47 Å². The average Bonchev–Trinajstić information content (AvgIpc) is 3.26. The van der Waals surface area contributed by atoms with Gasteiger partial charge in [0.15, 0.2) is 5.79 Å². The van der Waals surface area contributed by atoms with Crippen molar-refractivity contribution in [2.24, 2.45) is 0 Å². The first kappa shape index (κ1) is 18.1. The van der Waals surface area contributed by atoms with Crippen molar-refractivity contribution < 1.29 is 19.0 Å². The third-order valence-electron chi connectivity index (χ3n) is 5.62. The first-order valence-corrected chi connectivity index (χ1v) is 9.43. The summed E-state index contributed by atoms with van der Waals surface area (Å²) in [6.45, 7) is 6.64. The monoisotopic (exact) mass is 370 g/mol. The molecule has 2 saturated heterocycles. The molecule has 2 fully saturated rings. The van der Waals surface area contributed by atoms with Gasteiger partial charge in [0.25, 0.3) is 5.91 Å². The zero-order valence-corrected chi connectivity index (χ0v) is 16.2. The van der Waals surface area contributed by atoms with Gasteiger partial charge in [-0.1, -0.05) is 0 Å². The molecule has 4 rings (SSSR count). The van der Waals surface area contributed by atoms with Gasteiger partial charge >= 0.3 is 0 Å². The van der Waals surface area contributed by atoms with Crippen molar-refractivity contribution in [3.05, 3.63) is 47.3 Å². The molecule has 1 spiro atoms. The molecule has 0 aliphatic carbocycles. The number of rotatable bonds is 3. The number of amides is 1. The summed E-state index contributed by atoms with van der Waals surface area (Å²) in [5.74, 6) is 0.434. The molecule has 1 amide bonds. The van der Waals surface area contributed by atoms with E-state index in [4.69, 9.17) is 14.2 Å². The van der Waals surface area contributed by atoms with Crippen molar-refractivity contribution in [3.8, 4) is 11.4 Å². The highest BCUT2D eigenvalue weighted by Crippen LogP contribution is 2.32. The predicted molar refractivity (Wildman–Crippen MR) is 102 cm³/mol. The first-order valence-electron chi connectivity index (χ1n) is 9.43. The molecule has 0 N–H and O–H groups in total. The molecular formula is C21H26N2O4. The summed E-state index contributed by atoms with van der Waals surface area (Å²) in [5.41, 5.74) is 3.77. The number of carbonyl (C=O) groups excluding carboxylic acids is 1. The summed E-state index contributed by atoms with van der Waals surface area (Å²) in [6.07, 6.45) is 1.46. The maximum atomic E-state index is 13.1. The summed E-state index contributed by atoms with van der Waals surface area (Å²) in [7, 11) is 1.66. The Balaban J connectivity index is 1.54. The third kappa shape index (κ3) is 3.24. The topological polar surface area (TPSA) is 52.9 Å². The molecule has 2 aromatic rings. The second-order valence-electron chi connectivity index (χ2n) is 7.22. The van der Waals surface area contributed by atoms with E-state index >= 15 is 0 Å². The van der Waals surface area contributed by atoms with Crippen molar-refractivity contribution >= 4 is 5.91 Å². The van der Waals surface area contributed by atoms with Gasteiger partial charge in [0.05, 0.1) is 25.9 Å². The first-order chi connectivity index (χ1) is 13.0. The largest absolute Gasteiger partial charge is 0.497 e. The fourth-order valence-corrected chi connectivity index (χ4v) is 4.11. The molecule has 27 heavy (non-hydrogen) atoms. The Morgan fingerprint density at radius 2 is 1.70 bits per heavy atom. The van der Waals surface area contributed by atoms with Crippen LogP contribution in [0.25, 0.3) is 5.69 Å². The Morgan fingerprint density at radius 1 is 1.07 bits per heavy atom. The van der Waals surface area contributed by atoms with Crippen LogP contribution in [0, 0.1) is 13.8 Å². The van der Waals surface area contributed by atoms with E-state index in [1.54, 1.807) is 7.11 Å². The molecular weight excluding hydrogens is 344 g/mol. The highest BCUT2D eigenvalue weighted by molar-refractivity contribution is 5.96. The third-order valence-corrected chi connectivity index (χ3v) is 5.62. The molecule has 2 aliphatic rings. The van der Waals surface area contributed by atoms with E-state index < -0.39 is 5.79 Å². The summed E-state index contributed by atoms with van der Waals surface area (Å²) >= 11 is 0. The molecule has 6 heteroatoms. The van der Waals surface area contributed by atoms with E-state index in [1.807, 2.05) is 49.1 Å². The number of aromatic nitrogens is 1. The Hall–Kier alpha value is -2.31. The van der Waals surface area contributed by atoms with E-state index in [0.717, 1.165) is 41.2 Å². The maximum absolute atomic E-state index is 13.1. The Morgan fingerprint density at radius 3 is 2.30 bits per heavy atom. The van der Waals surface area contributed by atoms with E-state index in [9.17, 15) is 4.79 Å². The van der Waals surface area contributed by atoms with Gasteiger partial charge < -0.3 is 23.7 Å². The molecule has 144 valence electrons. The average molecular weight is 370 g/mol. The number of likely N-dealkylation sites (tertiary alicyclic amines) is 1. The van der Waals surface area contributed by atoms with Crippen LogP contribution in [0.5, 0.6) is 5.75 Å². The highest BCUT2D eigenvalue weighted by atomic mass is 16.7. The van der Waals surface area contributed by atoms with Gasteiger partial charge in [0, 0.05) is 43.0 Å². The van der Waals surface area contributed by atoms with Gasteiger partial charge in [0.1, 0.15) is 5.75 Å². The number of nitrogens with zero attached hydrogens (tertiary/aromatic N) is 2. The van der Waals surface area contributed by atoms with Crippen LogP contribution < -0.4 is 4.74 Å². The highest BCUT2D eigenvalue weighted by Gasteiger charge is 2.41. The minimum Gasteiger partial charge on any atom is -0.497 e. The van der Waals surface area contributed by atoms with Crippen LogP contribution in [0.15, 0.2) is 30.3 Å². The Kier molecular flexibility index (Phi) is 4.70. The number of hydrogen-bond donors (Lipinski definition) is 0. The minimum atomic E-state index is -0.462. The minimum absolute atomic E-state index is 0.0794. The number of piperidine rings is 1. The molecule has 0 radical (unpaired) electrons. The van der Waals surface area contributed by atoms with Crippen molar-refractivity contribution in [3.63, 3.8) is 0 Å². The molecule has 0 saturated carbocycles. The van der Waals surface area contributed by atoms with Crippen LogP contribution >= 0.6 is 0 Å². The van der Waals surface area contributed by atoms with E-state index in [-0.39, 0.29) is 5.91 Å². The SMILES string of the molecule is COc1ccc(-n2c(C)cc(C(=O)N3CCC4(CC3)OCCO4)c2C)cc1. The molecule has 1 aromatic heterocycles. The smallest absolute Gasteiger partial charge is 0.255 e. The normalized spacial score (nSPS) is 18.9. The molecule has 0 unspecified atom stereocenters. The van der Waals surface area contributed by atoms with Gasteiger partial charge in [-0.25, -0.2) is 0 Å². The lowest BCUT2D eigenvalue weighted by molar-refractivity contribution is -0.181.